The molecule has 0 amide bonds. The highest BCUT2D eigenvalue weighted by Crippen LogP contribution is 2.36. The number of ether oxygens (including phenoxy) is 1. The summed E-state index contributed by atoms with van der Waals surface area (Å²) in [7, 11) is -4.18. The first-order valence-corrected chi connectivity index (χ1v) is 7.95. The number of hydrogen-bond donors (Lipinski definition) is 1. The summed E-state index contributed by atoms with van der Waals surface area (Å²) in [4.78, 5) is 0.0319. The summed E-state index contributed by atoms with van der Waals surface area (Å²) in [5, 5.41) is 0. The Hall–Kier alpha value is -0.910. The van der Waals surface area contributed by atoms with E-state index in [0.29, 0.717) is 5.56 Å². The van der Waals surface area contributed by atoms with E-state index in [4.69, 9.17) is 4.74 Å². The predicted molar refractivity (Wildman–Crippen MR) is 73.0 cm³/mol. The third kappa shape index (κ3) is 3.35. The lowest BCUT2D eigenvalue weighted by Gasteiger charge is -2.33. The molecule has 0 spiro atoms. The molecule has 1 heterocycles. The van der Waals surface area contributed by atoms with E-state index in [2.05, 4.69) is 0 Å². The van der Waals surface area contributed by atoms with Crippen LogP contribution in [0.3, 0.4) is 0 Å². The van der Waals surface area contributed by atoms with Crippen LogP contribution in [0.1, 0.15) is 43.7 Å². The monoisotopic (exact) mass is 284 g/mol. The summed E-state index contributed by atoms with van der Waals surface area (Å²) in [6, 6.07) is 5.06. The maximum atomic E-state index is 11.5. The van der Waals surface area contributed by atoms with Crippen LogP contribution in [0.2, 0.25) is 0 Å². The molecule has 1 aliphatic heterocycles. The highest BCUT2D eigenvalue weighted by molar-refractivity contribution is 7.85. The normalized spacial score (nSPS) is 28.3. The van der Waals surface area contributed by atoms with Gasteiger partial charge in [0.05, 0.1) is 17.1 Å². The van der Waals surface area contributed by atoms with Crippen molar-refractivity contribution in [3.8, 4) is 0 Å². The third-order valence-electron chi connectivity index (χ3n) is 3.58. The van der Waals surface area contributed by atoms with Crippen molar-refractivity contribution in [1.29, 1.82) is 0 Å². The van der Waals surface area contributed by atoms with Gasteiger partial charge in [0.15, 0.2) is 0 Å². The topological polar surface area (TPSA) is 63.6 Å². The predicted octanol–water partition coefficient (Wildman–Crippen LogP) is 2.91. The Kier molecular flexibility index (Phi) is 3.99. The van der Waals surface area contributed by atoms with E-state index in [-0.39, 0.29) is 23.0 Å². The average molecular weight is 284 g/mol. The van der Waals surface area contributed by atoms with E-state index in [0.717, 1.165) is 18.4 Å². The quantitative estimate of drug-likeness (QED) is 0.848. The fraction of sp³-hybridized carbons (Fsp3) is 0.571. The molecule has 1 aromatic carbocycles. The molecule has 1 saturated heterocycles. The van der Waals surface area contributed by atoms with Gasteiger partial charge in [-0.25, -0.2) is 0 Å². The number of benzene rings is 1. The molecular weight excluding hydrogens is 264 g/mol. The molecule has 19 heavy (non-hydrogen) atoms. The number of rotatable bonds is 2. The van der Waals surface area contributed by atoms with Crippen molar-refractivity contribution < 1.29 is 17.7 Å². The molecule has 0 aliphatic carbocycles. The number of hydrogen-bond acceptors (Lipinski definition) is 3. The maximum absolute atomic E-state index is 11.5. The van der Waals surface area contributed by atoms with Crippen molar-refractivity contribution in [2.24, 2.45) is 0 Å². The lowest BCUT2D eigenvalue weighted by molar-refractivity contribution is -0.0383. The van der Waals surface area contributed by atoms with E-state index in [1.807, 2.05) is 26.8 Å². The molecule has 1 fully saturated rings. The van der Waals surface area contributed by atoms with Gasteiger partial charge in [-0.05, 0) is 51.2 Å². The van der Waals surface area contributed by atoms with Crippen LogP contribution < -0.4 is 0 Å². The van der Waals surface area contributed by atoms with Crippen LogP contribution in [0.25, 0.3) is 0 Å². The first-order chi connectivity index (χ1) is 8.77. The Morgan fingerprint density at radius 2 is 1.79 bits per heavy atom. The van der Waals surface area contributed by atoms with Crippen molar-refractivity contribution in [1.82, 2.24) is 0 Å². The van der Waals surface area contributed by atoms with Crippen molar-refractivity contribution in [3.63, 3.8) is 0 Å². The van der Waals surface area contributed by atoms with E-state index < -0.39 is 10.1 Å². The summed E-state index contributed by atoms with van der Waals surface area (Å²) in [6.45, 7) is 5.90. The Morgan fingerprint density at radius 1 is 1.21 bits per heavy atom. The molecule has 1 N–H and O–H groups in total. The lowest BCUT2D eigenvalue weighted by atomic mass is 9.86. The second kappa shape index (κ2) is 5.23. The highest BCUT2D eigenvalue weighted by atomic mass is 32.2. The van der Waals surface area contributed by atoms with E-state index in [1.165, 1.54) is 6.07 Å². The SMILES string of the molecule is Cc1ccc(S(=O)(=O)O)c(C2C[C@H](C)O[C@@H](C)C2)c1. The molecule has 2 rings (SSSR count). The molecule has 1 aromatic rings. The van der Waals surface area contributed by atoms with E-state index in [1.54, 1.807) is 6.07 Å². The number of aryl methyl sites for hydroxylation is 1. The van der Waals surface area contributed by atoms with Gasteiger partial charge in [0.2, 0.25) is 0 Å². The van der Waals surface area contributed by atoms with E-state index in [9.17, 15) is 13.0 Å². The van der Waals surface area contributed by atoms with Crippen LogP contribution in [-0.2, 0) is 14.9 Å². The van der Waals surface area contributed by atoms with Crippen molar-refractivity contribution in [2.75, 3.05) is 0 Å². The van der Waals surface area contributed by atoms with Gasteiger partial charge in [0, 0.05) is 0 Å². The largest absolute Gasteiger partial charge is 0.376 e. The molecule has 5 heteroatoms. The van der Waals surface area contributed by atoms with Gasteiger partial charge < -0.3 is 4.74 Å². The lowest BCUT2D eigenvalue weighted by Crippen LogP contribution is -2.28. The van der Waals surface area contributed by atoms with Gasteiger partial charge in [0.25, 0.3) is 10.1 Å². The molecule has 1 aliphatic rings. The van der Waals surface area contributed by atoms with Gasteiger partial charge in [-0.3, -0.25) is 4.55 Å². The first kappa shape index (κ1) is 14.5. The Bertz CT molecular complexity index is 555. The fourth-order valence-corrected chi connectivity index (χ4v) is 3.64. The van der Waals surface area contributed by atoms with Crippen LogP contribution in [0.4, 0.5) is 0 Å². The average Bonchev–Trinajstić information content (AvgIpc) is 2.25. The van der Waals surface area contributed by atoms with Gasteiger partial charge >= 0.3 is 0 Å². The standard InChI is InChI=1S/C14H20O4S/c1-9-4-5-14(19(15,16)17)13(6-9)12-7-10(2)18-11(3)8-12/h4-6,10-12H,7-8H2,1-3H3,(H,15,16,17)/t10-,11-/m0/s1. The Balaban J connectivity index is 2.46. The molecule has 4 nitrogen and oxygen atoms in total. The summed E-state index contributed by atoms with van der Waals surface area (Å²) < 4.78 is 38.0. The summed E-state index contributed by atoms with van der Waals surface area (Å²) in [5.41, 5.74) is 1.71. The van der Waals surface area contributed by atoms with E-state index >= 15 is 0 Å². The minimum atomic E-state index is -4.18. The minimum Gasteiger partial charge on any atom is -0.376 e. The third-order valence-corrected chi connectivity index (χ3v) is 4.51. The van der Waals surface area contributed by atoms with Gasteiger partial charge in [-0.1, -0.05) is 17.7 Å². The summed E-state index contributed by atoms with van der Waals surface area (Å²) >= 11 is 0. The molecular formula is C14H20O4S. The van der Waals surface area contributed by atoms with Crippen LogP contribution >= 0.6 is 0 Å². The molecule has 0 bridgehead atoms. The van der Waals surface area contributed by atoms with Crippen LogP contribution in [-0.4, -0.2) is 25.2 Å². The molecule has 0 aromatic heterocycles. The summed E-state index contributed by atoms with van der Waals surface area (Å²) in [5.74, 6) is 0.107. The Morgan fingerprint density at radius 3 is 2.32 bits per heavy atom. The van der Waals surface area contributed by atoms with Crippen LogP contribution in [0, 0.1) is 6.92 Å². The first-order valence-electron chi connectivity index (χ1n) is 6.51. The van der Waals surface area contributed by atoms with Crippen molar-refractivity contribution in [2.45, 2.75) is 56.6 Å². The molecule has 0 radical (unpaired) electrons. The zero-order chi connectivity index (χ0) is 14.2. The smallest absolute Gasteiger partial charge is 0.294 e. The highest BCUT2D eigenvalue weighted by Gasteiger charge is 2.29. The zero-order valence-corrected chi connectivity index (χ0v) is 12.3. The fourth-order valence-electron chi connectivity index (χ4n) is 2.88. The molecule has 0 unspecified atom stereocenters. The second-order valence-electron chi connectivity index (χ2n) is 5.44. The minimum absolute atomic E-state index is 0.0319. The van der Waals surface area contributed by atoms with Gasteiger partial charge in [-0.15, -0.1) is 0 Å². The van der Waals surface area contributed by atoms with Gasteiger partial charge in [-0.2, -0.15) is 8.42 Å². The maximum Gasteiger partial charge on any atom is 0.294 e. The molecule has 0 saturated carbocycles. The van der Waals surface area contributed by atoms with Crippen molar-refractivity contribution >= 4 is 10.1 Å². The van der Waals surface area contributed by atoms with Crippen LogP contribution in [0.15, 0.2) is 23.1 Å². The molecule has 2 atom stereocenters. The zero-order valence-electron chi connectivity index (χ0n) is 11.5. The van der Waals surface area contributed by atoms with Crippen molar-refractivity contribution in [3.05, 3.63) is 29.3 Å². The molecule has 106 valence electrons. The Labute approximate surface area is 114 Å². The summed E-state index contributed by atoms with van der Waals surface area (Å²) in [6.07, 6.45) is 1.75. The second-order valence-corrected chi connectivity index (χ2v) is 6.83. The van der Waals surface area contributed by atoms with Crippen LogP contribution in [0.5, 0.6) is 0 Å². The van der Waals surface area contributed by atoms with Gasteiger partial charge in [0.1, 0.15) is 0 Å².